The minimum absolute atomic E-state index is 0.153. The molecule has 0 heterocycles. The lowest BCUT2D eigenvalue weighted by molar-refractivity contribution is -0.128. The predicted molar refractivity (Wildman–Crippen MR) is 98.0 cm³/mol. The van der Waals surface area contributed by atoms with Crippen molar-refractivity contribution in [2.45, 2.75) is 44.1 Å². The van der Waals surface area contributed by atoms with Crippen LogP contribution in [0.2, 0.25) is 5.02 Å². The summed E-state index contributed by atoms with van der Waals surface area (Å²) in [6.45, 7) is 0.902. The van der Waals surface area contributed by atoms with Gasteiger partial charge in [0, 0.05) is 12.1 Å². The normalized spacial score (nSPS) is 16.1. The number of benzene rings is 1. The number of halogens is 1. The lowest BCUT2D eigenvalue weighted by atomic mass is 9.80. The Balaban J connectivity index is 2.22. The number of carbonyl (C=O) groups excluding carboxylic acids is 2. The van der Waals surface area contributed by atoms with Crippen molar-refractivity contribution in [3.05, 3.63) is 28.8 Å². The van der Waals surface area contributed by atoms with Gasteiger partial charge in [-0.1, -0.05) is 30.9 Å². The average Bonchev–Trinajstić information content (AvgIpc) is 2.62. The Hall–Kier alpha value is -1.79. The standard InChI is InChI=1S/C18H26ClN3O3/c1-21-17(24)18(8-3-2-4-9-18)22-16(23)14-7-6-13(19)12-15(14)25-11-5-10-20/h6-7,12H,2-5,8-11,20H2,1H3,(H,21,24)(H,22,23). The summed E-state index contributed by atoms with van der Waals surface area (Å²) in [5, 5.41) is 6.11. The maximum Gasteiger partial charge on any atom is 0.255 e. The van der Waals surface area contributed by atoms with Crippen LogP contribution in [0.3, 0.4) is 0 Å². The molecule has 138 valence electrons. The molecule has 0 aliphatic heterocycles. The van der Waals surface area contributed by atoms with Crippen molar-refractivity contribution in [1.82, 2.24) is 10.6 Å². The van der Waals surface area contributed by atoms with Crippen LogP contribution >= 0.6 is 11.6 Å². The van der Waals surface area contributed by atoms with Crippen molar-refractivity contribution >= 4 is 23.4 Å². The van der Waals surface area contributed by atoms with E-state index in [-0.39, 0.29) is 11.8 Å². The molecule has 0 saturated heterocycles. The maximum absolute atomic E-state index is 12.9. The fraction of sp³-hybridized carbons (Fsp3) is 0.556. The molecular formula is C18H26ClN3O3. The first-order valence-corrected chi connectivity index (χ1v) is 9.07. The smallest absolute Gasteiger partial charge is 0.255 e. The van der Waals surface area contributed by atoms with Crippen LogP contribution in [0.4, 0.5) is 0 Å². The first-order chi connectivity index (χ1) is 12.0. The van der Waals surface area contributed by atoms with Gasteiger partial charge in [0.1, 0.15) is 11.3 Å². The molecule has 7 heteroatoms. The second-order valence-electron chi connectivity index (χ2n) is 6.31. The molecule has 2 rings (SSSR count). The Bertz CT molecular complexity index is 616. The molecule has 0 atom stereocenters. The summed E-state index contributed by atoms with van der Waals surface area (Å²) in [7, 11) is 1.59. The van der Waals surface area contributed by atoms with Crippen LogP contribution in [-0.4, -0.2) is 37.6 Å². The van der Waals surface area contributed by atoms with Gasteiger partial charge in [0.15, 0.2) is 0 Å². The fourth-order valence-electron chi connectivity index (χ4n) is 3.16. The highest BCUT2D eigenvalue weighted by Gasteiger charge is 2.40. The highest BCUT2D eigenvalue weighted by atomic mass is 35.5. The van der Waals surface area contributed by atoms with E-state index < -0.39 is 5.54 Å². The van der Waals surface area contributed by atoms with Gasteiger partial charge < -0.3 is 21.1 Å². The minimum Gasteiger partial charge on any atom is -0.493 e. The van der Waals surface area contributed by atoms with Crippen LogP contribution < -0.4 is 21.1 Å². The van der Waals surface area contributed by atoms with Gasteiger partial charge in [-0.05, 0) is 44.0 Å². The molecule has 1 fully saturated rings. The molecule has 1 aliphatic rings. The van der Waals surface area contributed by atoms with Crippen LogP contribution in [0, 0.1) is 0 Å². The summed E-state index contributed by atoms with van der Waals surface area (Å²) in [6, 6.07) is 4.87. The number of likely N-dealkylation sites (N-methyl/N-ethyl adjacent to an activating group) is 1. The molecule has 6 nitrogen and oxygen atoms in total. The van der Waals surface area contributed by atoms with E-state index >= 15 is 0 Å². The van der Waals surface area contributed by atoms with Gasteiger partial charge in [0.25, 0.3) is 5.91 Å². The first kappa shape index (κ1) is 19.5. The highest BCUT2D eigenvalue weighted by molar-refractivity contribution is 6.30. The van der Waals surface area contributed by atoms with E-state index in [1.54, 1.807) is 25.2 Å². The van der Waals surface area contributed by atoms with Crippen LogP contribution in [0.1, 0.15) is 48.9 Å². The molecule has 0 unspecified atom stereocenters. The van der Waals surface area contributed by atoms with E-state index in [0.29, 0.717) is 48.7 Å². The number of ether oxygens (including phenoxy) is 1. The Kier molecular flexibility index (Phi) is 7.08. The lowest BCUT2D eigenvalue weighted by Gasteiger charge is -2.36. The number of nitrogens with one attached hydrogen (secondary N) is 2. The monoisotopic (exact) mass is 367 g/mol. The third kappa shape index (κ3) is 4.86. The second-order valence-corrected chi connectivity index (χ2v) is 6.74. The van der Waals surface area contributed by atoms with Gasteiger partial charge >= 0.3 is 0 Å². The summed E-state index contributed by atoms with van der Waals surface area (Å²) in [6.07, 6.45) is 4.84. The van der Waals surface area contributed by atoms with E-state index in [2.05, 4.69) is 10.6 Å². The average molecular weight is 368 g/mol. The topological polar surface area (TPSA) is 93.5 Å². The van der Waals surface area contributed by atoms with Crippen molar-refractivity contribution in [1.29, 1.82) is 0 Å². The lowest BCUT2D eigenvalue weighted by Crippen LogP contribution is -2.59. The number of hydrogen-bond donors (Lipinski definition) is 3. The molecule has 0 spiro atoms. The summed E-state index contributed by atoms with van der Waals surface area (Å²) < 4.78 is 5.66. The summed E-state index contributed by atoms with van der Waals surface area (Å²) in [5.74, 6) is -0.0775. The highest BCUT2D eigenvalue weighted by Crippen LogP contribution is 2.30. The quantitative estimate of drug-likeness (QED) is 0.644. The van der Waals surface area contributed by atoms with Gasteiger partial charge in [-0.15, -0.1) is 0 Å². The predicted octanol–water partition coefficient (Wildman–Crippen LogP) is 2.25. The first-order valence-electron chi connectivity index (χ1n) is 8.69. The van der Waals surface area contributed by atoms with Crippen LogP contribution in [-0.2, 0) is 4.79 Å². The molecule has 0 bridgehead atoms. The fourth-order valence-corrected chi connectivity index (χ4v) is 3.32. The zero-order chi connectivity index (χ0) is 18.3. The third-order valence-corrected chi connectivity index (χ3v) is 4.75. The van der Waals surface area contributed by atoms with Gasteiger partial charge in [0.2, 0.25) is 5.91 Å². The molecule has 1 aliphatic carbocycles. The van der Waals surface area contributed by atoms with Crippen molar-refractivity contribution in [3.63, 3.8) is 0 Å². The molecule has 1 aromatic carbocycles. The summed E-state index contributed by atoms with van der Waals surface area (Å²) in [4.78, 5) is 25.3. The van der Waals surface area contributed by atoms with Crippen LogP contribution in [0.15, 0.2) is 18.2 Å². The zero-order valence-corrected chi connectivity index (χ0v) is 15.3. The van der Waals surface area contributed by atoms with E-state index in [1.807, 2.05) is 0 Å². The maximum atomic E-state index is 12.9. The molecule has 1 saturated carbocycles. The zero-order valence-electron chi connectivity index (χ0n) is 14.6. The van der Waals surface area contributed by atoms with E-state index in [9.17, 15) is 9.59 Å². The Morgan fingerprint density at radius 2 is 2.00 bits per heavy atom. The number of hydrogen-bond acceptors (Lipinski definition) is 4. The molecule has 0 aromatic heterocycles. The Morgan fingerprint density at radius 1 is 1.28 bits per heavy atom. The van der Waals surface area contributed by atoms with Gasteiger partial charge in [-0.2, -0.15) is 0 Å². The van der Waals surface area contributed by atoms with Crippen LogP contribution in [0.25, 0.3) is 0 Å². The van der Waals surface area contributed by atoms with Crippen molar-refractivity contribution in [2.24, 2.45) is 5.73 Å². The number of rotatable bonds is 7. The van der Waals surface area contributed by atoms with Gasteiger partial charge in [0.05, 0.1) is 12.2 Å². The van der Waals surface area contributed by atoms with Crippen molar-refractivity contribution in [3.8, 4) is 5.75 Å². The molecule has 0 radical (unpaired) electrons. The van der Waals surface area contributed by atoms with E-state index in [4.69, 9.17) is 22.1 Å². The largest absolute Gasteiger partial charge is 0.493 e. The van der Waals surface area contributed by atoms with Crippen molar-refractivity contribution in [2.75, 3.05) is 20.2 Å². The Labute approximate surface area is 153 Å². The van der Waals surface area contributed by atoms with E-state index in [0.717, 1.165) is 19.3 Å². The molecular weight excluding hydrogens is 342 g/mol. The SMILES string of the molecule is CNC(=O)C1(NC(=O)c2ccc(Cl)cc2OCCCN)CCCCC1. The van der Waals surface area contributed by atoms with E-state index in [1.165, 1.54) is 0 Å². The molecule has 4 N–H and O–H groups in total. The Morgan fingerprint density at radius 3 is 2.64 bits per heavy atom. The second kappa shape index (κ2) is 9.06. The number of nitrogens with two attached hydrogens (primary N) is 1. The van der Waals surface area contributed by atoms with Crippen LogP contribution in [0.5, 0.6) is 5.75 Å². The van der Waals surface area contributed by atoms with Gasteiger partial charge in [-0.3, -0.25) is 9.59 Å². The minimum atomic E-state index is -0.863. The van der Waals surface area contributed by atoms with Crippen molar-refractivity contribution < 1.29 is 14.3 Å². The molecule has 2 amide bonds. The summed E-state index contributed by atoms with van der Waals surface area (Å²) >= 11 is 6.03. The third-order valence-electron chi connectivity index (χ3n) is 4.52. The summed E-state index contributed by atoms with van der Waals surface area (Å²) in [5.41, 5.74) is 4.99. The molecule has 1 aromatic rings. The van der Waals surface area contributed by atoms with Gasteiger partial charge in [-0.25, -0.2) is 0 Å². The number of amides is 2. The molecule has 25 heavy (non-hydrogen) atoms. The number of carbonyl (C=O) groups is 2.